The highest BCUT2D eigenvalue weighted by Gasteiger charge is 2.28. The van der Waals surface area contributed by atoms with Crippen molar-refractivity contribution < 1.29 is 14.4 Å². The Morgan fingerprint density at radius 1 is 1.00 bits per heavy atom. The lowest BCUT2D eigenvalue weighted by Gasteiger charge is -2.32. The average molecular weight is 406 g/mol. The largest absolute Gasteiger partial charge is 0.336 e. The summed E-state index contributed by atoms with van der Waals surface area (Å²) in [4.78, 5) is 38.3. The molecule has 0 spiro atoms. The second-order valence-corrected chi connectivity index (χ2v) is 7.47. The maximum absolute atomic E-state index is 12.8. The summed E-state index contributed by atoms with van der Waals surface area (Å²) in [7, 11) is 0. The first-order valence-electron chi connectivity index (χ1n) is 9.87. The van der Waals surface area contributed by atoms with Gasteiger partial charge in [-0.15, -0.1) is 0 Å². The summed E-state index contributed by atoms with van der Waals surface area (Å²) >= 11 is 0. The molecule has 30 heavy (non-hydrogen) atoms. The number of urea groups is 1. The average Bonchev–Trinajstić information content (AvgIpc) is 2.67. The van der Waals surface area contributed by atoms with E-state index in [1.165, 1.54) is 6.92 Å². The van der Waals surface area contributed by atoms with Gasteiger partial charge in [-0.1, -0.05) is 30.3 Å². The molecule has 156 valence electrons. The van der Waals surface area contributed by atoms with Crippen LogP contribution in [0.3, 0.4) is 0 Å². The van der Waals surface area contributed by atoms with Crippen LogP contribution in [0.5, 0.6) is 0 Å². The fourth-order valence-corrected chi connectivity index (χ4v) is 3.40. The Labute approximate surface area is 176 Å². The highest BCUT2D eigenvalue weighted by Crippen LogP contribution is 2.33. The zero-order valence-electron chi connectivity index (χ0n) is 17.3. The first kappa shape index (κ1) is 21.1. The molecule has 0 aliphatic carbocycles. The fourth-order valence-electron chi connectivity index (χ4n) is 3.40. The van der Waals surface area contributed by atoms with Crippen LogP contribution >= 0.6 is 0 Å². The Morgan fingerprint density at radius 3 is 2.40 bits per heavy atom. The number of hydrogen-bond donors (Lipinski definition) is 3. The number of rotatable bonds is 5. The van der Waals surface area contributed by atoms with Gasteiger partial charge in [0.1, 0.15) is 0 Å². The standard InChI is InChI=1S/C23H26N4O3/c1-15(2)24-23(30)26-19-9-6-8-18(13-19)25-22(29)14-21-20-10-5-4-7-17(20)11-12-27(21)16(3)28/h4-13,15,21H,14H2,1-3H3,(H,25,29)(H2,24,26,30)/t21-/m0/s1. The molecule has 0 aromatic heterocycles. The molecule has 3 N–H and O–H groups in total. The number of nitrogens with one attached hydrogen (secondary N) is 3. The topological polar surface area (TPSA) is 90.5 Å². The summed E-state index contributed by atoms with van der Waals surface area (Å²) in [5.41, 5.74) is 3.07. The second-order valence-electron chi connectivity index (χ2n) is 7.47. The van der Waals surface area contributed by atoms with Gasteiger partial charge in [-0.3, -0.25) is 9.59 Å². The number of nitrogens with zero attached hydrogens (tertiary/aromatic N) is 1. The van der Waals surface area contributed by atoms with Gasteiger partial charge in [0.05, 0.1) is 12.5 Å². The molecule has 7 heteroatoms. The van der Waals surface area contributed by atoms with Crippen molar-refractivity contribution >= 4 is 35.3 Å². The first-order chi connectivity index (χ1) is 14.3. The molecule has 0 saturated heterocycles. The normalized spacial score (nSPS) is 14.8. The Balaban J connectivity index is 1.70. The van der Waals surface area contributed by atoms with Crippen LogP contribution in [0.15, 0.2) is 54.7 Å². The molecule has 3 rings (SSSR count). The third-order valence-electron chi connectivity index (χ3n) is 4.67. The van der Waals surface area contributed by atoms with Gasteiger partial charge in [0, 0.05) is 30.5 Å². The van der Waals surface area contributed by atoms with Gasteiger partial charge in [0.2, 0.25) is 11.8 Å². The predicted octanol–water partition coefficient (Wildman–Crippen LogP) is 4.12. The lowest BCUT2D eigenvalue weighted by Crippen LogP contribution is -2.34. The highest BCUT2D eigenvalue weighted by atomic mass is 16.2. The highest BCUT2D eigenvalue weighted by molar-refractivity contribution is 5.94. The van der Waals surface area contributed by atoms with E-state index >= 15 is 0 Å². The van der Waals surface area contributed by atoms with E-state index in [0.717, 1.165) is 11.1 Å². The van der Waals surface area contributed by atoms with Gasteiger partial charge in [-0.2, -0.15) is 0 Å². The van der Waals surface area contributed by atoms with Crippen LogP contribution in [0.25, 0.3) is 6.08 Å². The second kappa shape index (κ2) is 9.26. The van der Waals surface area contributed by atoms with Crippen molar-refractivity contribution in [3.8, 4) is 0 Å². The van der Waals surface area contributed by atoms with Gasteiger partial charge in [0.15, 0.2) is 0 Å². The SMILES string of the molecule is CC(=O)N1C=Cc2ccccc2[C@@H]1CC(=O)Nc1cccc(NC(=O)NC(C)C)c1. The van der Waals surface area contributed by atoms with Crippen LogP contribution < -0.4 is 16.0 Å². The number of carbonyl (C=O) groups excluding carboxylic acids is 3. The van der Waals surface area contributed by atoms with Gasteiger partial charge in [0.25, 0.3) is 0 Å². The quantitative estimate of drug-likeness (QED) is 0.698. The van der Waals surface area contributed by atoms with E-state index in [-0.39, 0.29) is 36.3 Å². The van der Waals surface area contributed by atoms with Gasteiger partial charge < -0.3 is 20.9 Å². The van der Waals surface area contributed by atoms with E-state index in [0.29, 0.717) is 11.4 Å². The molecule has 1 aliphatic heterocycles. The summed E-state index contributed by atoms with van der Waals surface area (Å²) in [5, 5.41) is 8.35. The lowest BCUT2D eigenvalue weighted by molar-refractivity contribution is -0.129. The summed E-state index contributed by atoms with van der Waals surface area (Å²) in [6, 6.07) is 14.0. The molecular formula is C23H26N4O3. The maximum atomic E-state index is 12.8. The van der Waals surface area contributed by atoms with E-state index < -0.39 is 0 Å². The zero-order chi connectivity index (χ0) is 21.7. The molecular weight excluding hydrogens is 380 g/mol. The number of fused-ring (bicyclic) bond motifs is 1. The number of benzene rings is 2. The number of anilines is 2. The molecule has 2 aromatic carbocycles. The molecule has 1 atom stereocenters. The fraction of sp³-hybridized carbons (Fsp3) is 0.261. The van der Waals surface area contributed by atoms with Crippen molar-refractivity contribution in [2.45, 2.75) is 39.3 Å². The van der Waals surface area contributed by atoms with E-state index in [4.69, 9.17) is 0 Å². The first-order valence-corrected chi connectivity index (χ1v) is 9.87. The zero-order valence-corrected chi connectivity index (χ0v) is 17.3. The molecule has 0 unspecified atom stereocenters. The molecule has 0 fully saturated rings. The lowest BCUT2D eigenvalue weighted by atomic mass is 9.93. The number of carbonyl (C=O) groups is 3. The summed E-state index contributed by atoms with van der Waals surface area (Å²) < 4.78 is 0. The number of amides is 4. The van der Waals surface area contributed by atoms with E-state index in [1.54, 1.807) is 35.4 Å². The van der Waals surface area contributed by atoms with Crippen molar-refractivity contribution in [2.24, 2.45) is 0 Å². The smallest absolute Gasteiger partial charge is 0.319 e. The summed E-state index contributed by atoms with van der Waals surface area (Å²) in [6.45, 7) is 5.23. The molecule has 7 nitrogen and oxygen atoms in total. The van der Waals surface area contributed by atoms with Crippen molar-refractivity contribution in [2.75, 3.05) is 10.6 Å². The number of hydrogen-bond acceptors (Lipinski definition) is 3. The molecule has 1 aliphatic rings. The molecule has 2 aromatic rings. The summed E-state index contributed by atoms with van der Waals surface area (Å²) in [5.74, 6) is -0.346. The minimum atomic E-state index is -0.373. The Bertz CT molecular complexity index is 984. The Kier molecular flexibility index (Phi) is 6.51. The molecule has 0 saturated carbocycles. The predicted molar refractivity (Wildman–Crippen MR) is 118 cm³/mol. The van der Waals surface area contributed by atoms with E-state index in [2.05, 4.69) is 16.0 Å². The third kappa shape index (κ3) is 5.26. The van der Waals surface area contributed by atoms with Crippen LogP contribution in [0.4, 0.5) is 16.2 Å². The molecule has 4 amide bonds. The third-order valence-corrected chi connectivity index (χ3v) is 4.67. The van der Waals surface area contributed by atoms with Crippen LogP contribution in [0, 0.1) is 0 Å². The molecule has 0 bridgehead atoms. The van der Waals surface area contributed by atoms with Gasteiger partial charge in [-0.05, 0) is 49.2 Å². The van der Waals surface area contributed by atoms with Gasteiger partial charge in [-0.25, -0.2) is 4.79 Å². The summed E-state index contributed by atoms with van der Waals surface area (Å²) in [6.07, 6.45) is 3.72. The van der Waals surface area contributed by atoms with Crippen LogP contribution in [-0.4, -0.2) is 28.8 Å². The van der Waals surface area contributed by atoms with Crippen molar-refractivity contribution in [1.82, 2.24) is 10.2 Å². The Hall–Kier alpha value is -3.61. The van der Waals surface area contributed by atoms with Crippen LogP contribution in [-0.2, 0) is 9.59 Å². The van der Waals surface area contributed by atoms with Crippen molar-refractivity contribution in [3.05, 3.63) is 65.9 Å². The minimum absolute atomic E-state index is 0.0181. The van der Waals surface area contributed by atoms with Gasteiger partial charge >= 0.3 is 6.03 Å². The van der Waals surface area contributed by atoms with Crippen LogP contribution in [0.1, 0.15) is 44.4 Å². The van der Waals surface area contributed by atoms with Crippen LogP contribution in [0.2, 0.25) is 0 Å². The minimum Gasteiger partial charge on any atom is -0.336 e. The van der Waals surface area contributed by atoms with Crippen molar-refractivity contribution in [1.29, 1.82) is 0 Å². The Morgan fingerprint density at radius 2 is 1.70 bits per heavy atom. The van der Waals surface area contributed by atoms with Crippen molar-refractivity contribution in [3.63, 3.8) is 0 Å². The van der Waals surface area contributed by atoms with E-state index in [1.807, 2.05) is 44.2 Å². The molecule has 1 heterocycles. The molecule has 0 radical (unpaired) electrons. The maximum Gasteiger partial charge on any atom is 0.319 e. The monoisotopic (exact) mass is 406 g/mol. The van der Waals surface area contributed by atoms with E-state index in [9.17, 15) is 14.4 Å².